The van der Waals surface area contributed by atoms with Gasteiger partial charge in [0.05, 0.1) is 16.1 Å². The molecule has 2 aromatic carbocycles. The maximum absolute atomic E-state index is 14.7. The van der Waals surface area contributed by atoms with Crippen molar-refractivity contribution in [2.45, 2.75) is 24.4 Å². The van der Waals surface area contributed by atoms with Crippen molar-refractivity contribution < 1.29 is 13.6 Å². The molecule has 5 rings (SSSR count). The van der Waals surface area contributed by atoms with Gasteiger partial charge in [-0.1, -0.05) is 24.2 Å². The van der Waals surface area contributed by atoms with E-state index in [0.29, 0.717) is 53.5 Å². The zero-order valence-electron chi connectivity index (χ0n) is 18.4. The molecule has 10 heteroatoms. The largest absolute Gasteiger partial charge is 0.350 e. The van der Waals surface area contributed by atoms with Gasteiger partial charge < -0.3 is 9.80 Å². The van der Waals surface area contributed by atoms with Crippen molar-refractivity contribution in [1.29, 1.82) is 0 Å². The minimum atomic E-state index is -0.719. The Labute approximate surface area is 203 Å². The number of amides is 1. The van der Waals surface area contributed by atoms with Gasteiger partial charge in [-0.25, -0.2) is 13.6 Å². The van der Waals surface area contributed by atoms with Gasteiger partial charge in [0.25, 0.3) is 0 Å². The summed E-state index contributed by atoms with van der Waals surface area (Å²) in [4.78, 5) is 33.8. The molecule has 0 aliphatic carbocycles. The van der Waals surface area contributed by atoms with E-state index < -0.39 is 17.3 Å². The second-order valence-corrected chi connectivity index (χ2v) is 9.82. The van der Waals surface area contributed by atoms with Gasteiger partial charge in [0.15, 0.2) is 0 Å². The molecule has 1 atom stereocenters. The summed E-state index contributed by atoms with van der Waals surface area (Å²) in [6.07, 6.45) is 1.29. The fraction of sp³-hybridized carbons (Fsp3) is 0.292. The summed E-state index contributed by atoms with van der Waals surface area (Å²) in [5, 5.41) is 0.824. The van der Waals surface area contributed by atoms with Crippen molar-refractivity contribution in [1.82, 2.24) is 14.5 Å². The predicted octanol–water partition coefficient (Wildman–Crippen LogP) is 4.32. The minimum absolute atomic E-state index is 0.120. The zero-order valence-corrected chi connectivity index (χ0v) is 19.9. The van der Waals surface area contributed by atoms with Gasteiger partial charge >= 0.3 is 5.69 Å². The lowest BCUT2D eigenvalue weighted by Crippen LogP contribution is -2.54. The quantitative estimate of drug-likeness (QED) is 0.499. The summed E-state index contributed by atoms with van der Waals surface area (Å²) < 4.78 is 31.0. The molecule has 34 heavy (non-hydrogen) atoms. The first-order valence-electron chi connectivity index (χ1n) is 10.8. The highest BCUT2D eigenvalue weighted by Gasteiger charge is 2.32. The molecule has 6 nitrogen and oxygen atoms in total. The van der Waals surface area contributed by atoms with Crippen LogP contribution in [0.5, 0.6) is 0 Å². The maximum Gasteiger partial charge on any atom is 0.350 e. The highest BCUT2D eigenvalue weighted by Crippen LogP contribution is 2.47. The van der Waals surface area contributed by atoms with Crippen LogP contribution in [-0.4, -0.2) is 51.8 Å². The molecular weight excluding hydrogens is 482 g/mol. The van der Waals surface area contributed by atoms with Gasteiger partial charge in [-0.15, -0.1) is 11.8 Å². The van der Waals surface area contributed by atoms with Crippen LogP contribution in [0.25, 0.3) is 22.0 Å². The Morgan fingerprint density at radius 3 is 2.65 bits per heavy atom. The number of anilines is 1. The topological polar surface area (TPSA) is 58.4 Å². The Kier molecular flexibility index (Phi) is 5.85. The van der Waals surface area contributed by atoms with E-state index in [1.807, 2.05) is 11.8 Å². The molecule has 176 valence electrons. The fourth-order valence-corrected chi connectivity index (χ4v) is 6.28. The molecule has 0 unspecified atom stereocenters. The molecule has 3 heterocycles. The molecule has 0 saturated carbocycles. The van der Waals surface area contributed by atoms with Crippen molar-refractivity contribution >= 4 is 46.0 Å². The third kappa shape index (κ3) is 3.58. The first-order chi connectivity index (χ1) is 16.3. The van der Waals surface area contributed by atoms with Crippen LogP contribution in [-0.2, 0) is 11.3 Å². The van der Waals surface area contributed by atoms with Gasteiger partial charge in [-0.05, 0) is 31.2 Å². The van der Waals surface area contributed by atoms with Gasteiger partial charge in [-0.2, -0.15) is 4.98 Å². The Balaban J connectivity index is 1.73. The van der Waals surface area contributed by atoms with Gasteiger partial charge in [0.1, 0.15) is 17.5 Å². The summed E-state index contributed by atoms with van der Waals surface area (Å²) in [7, 11) is 0. The second-order valence-electron chi connectivity index (χ2n) is 8.30. The number of hydrogen-bond acceptors (Lipinski definition) is 5. The Hall–Kier alpha value is -2.91. The minimum Gasteiger partial charge on any atom is -0.350 e. The van der Waals surface area contributed by atoms with E-state index in [0.717, 1.165) is 0 Å². The Bertz CT molecular complexity index is 1390. The zero-order chi connectivity index (χ0) is 24.1. The number of nitrogens with zero attached hydrogens (tertiary/aromatic N) is 4. The molecule has 2 aliphatic heterocycles. The van der Waals surface area contributed by atoms with Crippen molar-refractivity contribution in [3.63, 3.8) is 0 Å². The smallest absolute Gasteiger partial charge is 0.350 e. The van der Waals surface area contributed by atoms with Crippen LogP contribution in [0.15, 0.2) is 46.6 Å². The van der Waals surface area contributed by atoms with Gasteiger partial charge in [-0.3, -0.25) is 9.36 Å². The van der Waals surface area contributed by atoms with E-state index in [-0.39, 0.29) is 28.1 Å². The number of aryl methyl sites for hydroxylation is 1. The first-order valence-corrected chi connectivity index (χ1v) is 12.2. The number of rotatable bonds is 3. The number of carbonyl (C=O) groups is 1. The molecule has 2 aliphatic rings. The van der Waals surface area contributed by atoms with Crippen LogP contribution in [0.3, 0.4) is 0 Å². The number of benzene rings is 2. The molecule has 0 N–H and O–H groups in total. The number of hydrogen-bond donors (Lipinski definition) is 0. The van der Waals surface area contributed by atoms with E-state index in [1.165, 1.54) is 36.0 Å². The summed E-state index contributed by atoms with van der Waals surface area (Å²) in [5.74, 6) is -0.578. The highest BCUT2D eigenvalue weighted by molar-refractivity contribution is 7.99. The molecule has 1 aromatic heterocycles. The number of piperazine rings is 1. The van der Waals surface area contributed by atoms with E-state index in [4.69, 9.17) is 11.6 Å². The van der Waals surface area contributed by atoms with E-state index in [2.05, 4.69) is 11.6 Å². The SMILES string of the molecule is C=CC(=O)N1CCN(c2nc(=O)n3c4c(c(-c5c(F)cccc5F)c(Cl)cc24)SCC3)[C@@H](C)C1. The highest BCUT2D eigenvalue weighted by atomic mass is 35.5. The molecule has 1 amide bonds. The fourth-order valence-electron chi connectivity index (χ4n) is 4.74. The number of halogens is 3. The average molecular weight is 503 g/mol. The molecular formula is C24H21ClF2N4O2S. The first kappa shape index (κ1) is 22.9. The number of carbonyl (C=O) groups excluding carboxylic acids is 1. The van der Waals surface area contributed by atoms with Crippen LogP contribution >= 0.6 is 23.4 Å². The van der Waals surface area contributed by atoms with Gasteiger partial charge in [0.2, 0.25) is 5.91 Å². The number of thioether (sulfide) groups is 1. The van der Waals surface area contributed by atoms with Gasteiger partial charge in [0, 0.05) is 53.8 Å². The van der Waals surface area contributed by atoms with Crippen molar-refractivity contribution in [2.75, 3.05) is 30.3 Å². The predicted molar refractivity (Wildman–Crippen MR) is 131 cm³/mol. The van der Waals surface area contributed by atoms with Crippen LogP contribution in [0, 0.1) is 11.6 Å². The second kappa shape index (κ2) is 8.70. The Morgan fingerprint density at radius 2 is 1.97 bits per heavy atom. The summed E-state index contributed by atoms with van der Waals surface area (Å²) in [6.45, 7) is 7.30. The van der Waals surface area contributed by atoms with Crippen molar-refractivity contribution in [3.05, 3.63) is 64.1 Å². The lowest BCUT2D eigenvalue weighted by molar-refractivity contribution is -0.126. The lowest BCUT2D eigenvalue weighted by atomic mass is 10.0. The molecule has 0 bridgehead atoms. The molecule has 3 aromatic rings. The van der Waals surface area contributed by atoms with E-state index in [1.54, 1.807) is 15.5 Å². The van der Waals surface area contributed by atoms with Crippen LogP contribution < -0.4 is 10.6 Å². The lowest BCUT2D eigenvalue weighted by Gasteiger charge is -2.40. The molecule has 0 radical (unpaired) electrons. The molecule has 1 fully saturated rings. The van der Waals surface area contributed by atoms with E-state index in [9.17, 15) is 18.4 Å². The van der Waals surface area contributed by atoms with Crippen LogP contribution in [0.4, 0.5) is 14.6 Å². The third-order valence-electron chi connectivity index (χ3n) is 6.31. The van der Waals surface area contributed by atoms with Crippen LogP contribution in [0.1, 0.15) is 6.92 Å². The average Bonchev–Trinajstić information content (AvgIpc) is 2.82. The summed E-state index contributed by atoms with van der Waals surface area (Å²) in [6, 6.07) is 5.20. The molecule has 1 saturated heterocycles. The number of aromatic nitrogens is 2. The third-order valence-corrected chi connectivity index (χ3v) is 7.68. The maximum atomic E-state index is 14.7. The van der Waals surface area contributed by atoms with Crippen molar-refractivity contribution in [3.8, 4) is 11.1 Å². The van der Waals surface area contributed by atoms with Crippen molar-refractivity contribution in [2.24, 2.45) is 0 Å². The summed E-state index contributed by atoms with van der Waals surface area (Å²) >= 11 is 8.09. The Morgan fingerprint density at radius 1 is 1.24 bits per heavy atom. The summed E-state index contributed by atoms with van der Waals surface area (Å²) in [5.41, 5.74) is 0.184. The van der Waals surface area contributed by atoms with E-state index >= 15 is 0 Å². The normalized spacial score (nSPS) is 17.8. The standard InChI is InChI=1S/C24H21ClF2N4O2S/c1-3-18(32)29-7-8-30(13(2)12-29)23-14-11-15(25)19(20-16(26)5-4-6-17(20)27)22-21(14)31(9-10-34-22)24(33)28-23/h3-6,11,13H,1,7-10,12H2,2H3/t13-/m0/s1. The van der Waals surface area contributed by atoms with Crippen LogP contribution in [0.2, 0.25) is 5.02 Å². The molecule has 0 spiro atoms. The monoisotopic (exact) mass is 502 g/mol.